The SMILES string of the molecule is Cn1cc(CCNc2nccn2C2CCCCC2)cn1. The second kappa shape index (κ2) is 6.11. The third kappa shape index (κ3) is 3.03. The second-order valence-electron chi connectivity index (χ2n) is 5.65. The lowest BCUT2D eigenvalue weighted by Gasteiger charge is -2.24. The normalized spacial score (nSPS) is 16.4. The Hall–Kier alpha value is -1.78. The lowest BCUT2D eigenvalue weighted by atomic mass is 9.95. The molecule has 1 saturated carbocycles. The van der Waals surface area contributed by atoms with Crippen LogP contribution < -0.4 is 5.32 Å². The molecule has 2 heterocycles. The molecule has 0 bridgehead atoms. The average molecular weight is 273 g/mol. The van der Waals surface area contributed by atoms with Gasteiger partial charge in [-0.25, -0.2) is 4.98 Å². The quantitative estimate of drug-likeness (QED) is 0.911. The van der Waals surface area contributed by atoms with Crippen LogP contribution in [-0.4, -0.2) is 25.9 Å². The first-order valence-electron chi connectivity index (χ1n) is 7.57. The largest absolute Gasteiger partial charge is 0.355 e. The summed E-state index contributed by atoms with van der Waals surface area (Å²) in [5.74, 6) is 1.01. The number of imidazole rings is 1. The van der Waals surface area contributed by atoms with E-state index in [0.29, 0.717) is 6.04 Å². The molecule has 3 rings (SSSR count). The van der Waals surface area contributed by atoms with Crippen molar-refractivity contribution in [1.29, 1.82) is 0 Å². The molecule has 0 spiro atoms. The van der Waals surface area contributed by atoms with Crippen molar-refractivity contribution in [3.63, 3.8) is 0 Å². The Balaban J connectivity index is 1.56. The first-order valence-corrected chi connectivity index (χ1v) is 7.57. The van der Waals surface area contributed by atoms with Gasteiger partial charge in [0.05, 0.1) is 6.20 Å². The van der Waals surface area contributed by atoms with Gasteiger partial charge in [-0.3, -0.25) is 4.68 Å². The molecule has 1 aliphatic carbocycles. The van der Waals surface area contributed by atoms with Gasteiger partial charge in [-0.2, -0.15) is 5.10 Å². The Kier molecular flexibility index (Phi) is 4.04. The monoisotopic (exact) mass is 273 g/mol. The molecule has 0 atom stereocenters. The molecular weight excluding hydrogens is 250 g/mol. The zero-order valence-electron chi connectivity index (χ0n) is 12.1. The van der Waals surface area contributed by atoms with Crippen molar-refractivity contribution < 1.29 is 0 Å². The summed E-state index contributed by atoms with van der Waals surface area (Å²) in [4.78, 5) is 4.46. The maximum absolute atomic E-state index is 4.46. The maximum Gasteiger partial charge on any atom is 0.203 e. The number of anilines is 1. The van der Waals surface area contributed by atoms with Gasteiger partial charge in [-0.05, 0) is 24.8 Å². The van der Waals surface area contributed by atoms with E-state index in [0.717, 1.165) is 18.9 Å². The summed E-state index contributed by atoms with van der Waals surface area (Å²) in [5.41, 5.74) is 1.26. The molecule has 20 heavy (non-hydrogen) atoms. The van der Waals surface area contributed by atoms with E-state index in [-0.39, 0.29) is 0 Å². The number of hydrogen-bond acceptors (Lipinski definition) is 3. The van der Waals surface area contributed by atoms with Crippen LogP contribution in [-0.2, 0) is 13.5 Å². The lowest BCUT2D eigenvalue weighted by Crippen LogP contribution is -2.16. The van der Waals surface area contributed by atoms with Crippen LogP contribution in [0.4, 0.5) is 5.95 Å². The molecule has 0 amide bonds. The van der Waals surface area contributed by atoms with Crippen LogP contribution in [0.3, 0.4) is 0 Å². The van der Waals surface area contributed by atoms with E-state index in [9.17, 15) is 0 Å². The van der Waals surface area contributed by atoms with Gasteiger partial charge >= 0.3 is 0 Å². The van der Waals surface area contributed by atoms with E-state index in [1.807, 2.05) is 24.1 Å². The fourth-order valence-electron chi connectivity index (χ4n) is 3.02. The first-order chi connectivity index (χ1) is 9.83. The van der Waals surface area contributed by atoms with Crippen LogP contribution in [0.25, 0.3) is 0 Å². The van der Waals surface area contributed by atoms with Crippen LogP contribution in [0.15, 0.2) is 24.8 Å². The van der Waals surface area contributed by atoms with E-state index in [1.54, 1.807) is 0 Å². The molecular formula is C15H23N5. The van der Waals surface area contributed by atoms with Gasteiger partial charge in [0.2, 0.25) is 5.95 Å². The molecule has 2 aromatic rings. The molecule has 0 unspecified atom stereocenters. The zero-order chi connectivity index (χ0) is 13.8. The van der Waals surface area contributed by atoms with Gasteiger partial charge < -0.3 is 9.88 Å². The predicted molar refractivity (Wildman–Crippen MR) is 79.8 cm³/mol. The maximum atomic E-state index is 4.46. The molecule has 2 aromatic heterocycles. The molecule has 0 aromatic carbocycles. The standard InChI is InChI=1S/C15H23N5/c1-19-12-13(11-18-19)7-8-16-15-17-9-10-20(15)14-5-3-2-4-6-14/h9-12,14H,2-8H2,1H3,(H,16,17). The van der Waals surface area contributed by atoms with Gasteiger partial charge in [0.1, 0.15) is 0 Å². The molecule has 0 radical (unpaired) electrons. The highest BCUT2D eigenvalue weighted by Crippen LogP contribution is 2.30. The summed E-state index contributed by atoms with van der Waals surface area (Å²) in [5, 5.41) is 7.65. The van der Waals surface area contributed by atoms with Crippen LogP contribution in [0.2, 0.25) is 0 Å². The molecule has 5 heteroatoms. The highest BCUT2D eigenvalue weighted by atomic mass is 15.2. The average Bonchev–Trinajstić information content (AvgIpc) is 3.09. The molecule has 0 aliphatic heterocycles. The van der Waals surface area contributed by atoms with Crippen molar-refractivity contribution in [2.45, 2.75) is 44.6 Å². The molecule has 108 valence electrons. The Morgan fingerprint density at radius 1 is 1.30 bits per heavy atom. The molecule has 1 aliphatic rings. The van der Waals surface area contributed by atoms with Gasteiger partial charge in [0.25, 0.3) is 0 Å². The van der Waals surface area contributed by atoms with E-state index in [2.05, 4.69) is 32.4 Å². The number of aromatic nitrogens is 4. The fraction of sp³-hybridized carbons (Fsp3) is 0.600. The van der Waals surface area contributed by atoms with E-state index in [1.165, 1.54) is 37.7 Å². The van der Waals surface area contributed by atoms with Crippen LogP contribution in [0.1, 0.15) is 43.7 Å². The number of nitrogens with one attached hydrogen (secondary N) is 1. The highest BCUT2D eigenvalue weighted by Gasteiger charge is 2.17. The highest BCUT2D eigenvalue weighted by molar-refractivity contribution is 5.27. The fourth-order valence-corrected chi connectivity index (χ4v) is 3.02. The van der Waals surface area contributed by atoms with Gasteiger partial charge in [-0.15, -0.1) is 0 Å². The predicted octanol–water partition coefficient (Wildman–Crippen LogP) is 2.78. The minimum Gasteiger partial charge on any atom is -0.355 e. The molecule has 5 nitrogen and oxygen atoms in total. The summed E-state index contributed by atoms with van der Waals surface area (Å²) in [6, 6.07) is 0.632. The molecule has 1 fully saturated rings. The number of aryl methyl sites for hydroxylation is 1. The van der Waals surface area contributed by atoms with E-state index < -0.39 is 0 Å². The Morgan fingerprint density at radius 3 is 2.90 bits per heavy atom. The van der Waals surface area contributed by atoms with Crippen LogP contribution in [0, 0.1) is 0 Å². The van der Waals surface area contributed by atoms with E-state index in [4.69, 9.17) is 0 Å². The van der Waals surface area contributed by atoms with Crippen molar-refractivity contribution in [3.8, 4) is 0 Å². The van der Waals surface area contributed by atoms with Crippen molar-refractivity contribution in [3.05, 3.63) is 30.4 Å². The van der Waals surface area contributed by atoms with Crippen molar-refractivity contribution in [1.82, 2.24) is 19.3 Å². The van der Waals surface area contributed by atoms with E-state index >= 15 is 0 Å². The first kappa shape index (κ1) is 13.2. The van der Waals surface area contributed by atoms with Crippen molar-refractivity contribution in [2.24, 2.45) is 7.05 Å². The van der Waals surface area contributed by atoms with Crippen LogP contribution in [0.5, 0.6) is 0 Å². The zero-order valence-corrected chi connectivity index (χ0v) is 12.1. The number of nitrogens with zero attached hydrogens (tertiary/aromatic N) is 4. The topological polar surface area (TPSA) is 47.7 Å². The molecule has 1 N–H and O–H groups in total. The van der Waals surface area contributed by atoms with Gasteiger partial charge in [-0.1, -0.05) is 19.3 Å². The Morgan fingerprint density at radius 2 is 2.15 bits per heavy atom. The van der Waals surface area contributed by atoms with Gasteiger partial charge in [0, 0.05) is 38.2 Å². The third-order valence-electron chi connectivity index (χ3n) is 4.09. The minimum absolute atomic E-state index is 0.632. The molecule has 0 saturated heterocycles. The summed E-state index contributed by atoms with van der Waals surface area (Å²) in [6.45, 7) is 0.898. The summed E-state index contributed by atoms with van der Waals surface area (Å²) >= 11 is 0. The Labute approximate surface area is 120 Å². The Bertz CT molecular complexity index is 536. The van der Waals surface area contributed by atoms with Gasteiger partial charge in [0.15, 0.2) is 0 Å². The van der Waals surface area contributed by atoms with Crippen LogP contribution >= 0.6 is 0 Å². The number of hydrogen-bond donors (Lipinski definition) is 1. The van der Waals surface area contributed by atoms with Crippen molar-refractivity contribution in [2.75, 3.05) is 11.9 Å². The smallest absolute Gasteiger partial charge is 0.203 e. The third-order valence-corrected chi connectivity index (χ3v) is 4.09. The minimum atomic E-state index is 0.632. The summed E-state index contributed by atoms with van der Waals surface area (Å²) in [7, 11) is 1.95. The number of rotatable bonds is 5. The lowest BCUT2D eigenvalue weighted by molar-refractivity contribution is 0.356. The second-order valence-corrected chi connectivity index (χ2v) is 5.65. The van der Waals surface area contributed by atoms with Crippen molar-refractivity contribution >= 4 is 5.95 Å². The summed E-state index contributed by atoms with van der Waals surface area (Å²) < 4.78 is 4.17. The summed E-state index contributed by atoms with van der Waals surface area (Å²) in [6.07, 6.45) is 15.6.